The Hall–Kier alpha value is -3.23. The number of carbonyl (C=O) groups excluding carboxylic acids is 1. The number of para-hydroxylation sites is 1. The Morgan fingerprint density at radius 3 is 2.58 bits per heavy atom. The molecule has 0 bridgehead atoms. The zero-order chi connectivity index (χ0) is 22.0. The van der Waals surface area contributed by atoms with Gasteiger partial charge in [0, 0.05) is 18.3 Å². The number of aromatic nitrogens is 1. The molecule has 0 atom stereocenters. The maximum absolute atomic E-state index is 12.9. The fourth-order valence-electron chi connectivity index (χ4n) is 3.20. The number of rotatable bonds is 6. The molecule has 1 aromatic heterocycles. The van der Waals surface area contributed by atoms with Crippen LogP contribution in [0.1, 0.15) is 20.9 Å². The molecule has 8 heteroatoms. The molecule has 0 spiro atoms. The summed E-state index contributed by atoms with van der Waals surface area (Å²) >= 11 is 1.54. The molecule has 4 rings (SSSR count). The molecule has 0 saturated carbocycles. The van der Waals surface area contributed by atoms with Gasteiger partial charge in [-0.2, -0.15) is 0 Å². The van der Waals surface area contributed by atoms with Gasteiger partial charge in [0.1, 0.15) is 5.01 Å². The summed E-state index contributed by atoms with van der Waals surface area (Å²) in [5.41, 5.74) is 2.62. The molecule has 1 heterocycles. The number of hydrogen-bond donors (Lipinski definition) is 1. The maximum Gasteiger partial charge on any atom is 0.261 e. The van der Waals surface area contributed by atoms with E-state index in [1.807, 2.05) is 37.3 Å². The second kappa shape index (κ2) is 8.49. The minimum absolute atomic E-state index is 0.0354. The molecule has 0 unspecified atom stereocenters. The predicted octanol–water partition coefficient (Wildman–Crippen LogP) is 4.68. The number of sulfonamides is 1. The van der Waals surface area contributed by atoms with Crippen LogP contribution in [0, 0.1) is 6.92 Å². The molecule has 0 radical (unpaired) electrons. The summed E-state index contributed by atoms with van der Waals surface area (Å²) in [6, 6.07) is 21.0. The molecule has 4 aromatic rings. The predicted molar refractivity (Wildman–Crippen MR) is 124 cm³/mol. The van der Waals surface area contributed by atoms with Crippen molar-refractivity contribution in [3.63, 3.8) is 0 Å². The minimum atomic E-state index is -3.82. The first-order chi connectivity index (χ1) is 14.8. The highest BCUT2D eigenvalue weighted by molar-refractivity contribution is 7.92. The van der Waals surface area contributed by atoms with Crippen LogP contribution in [0.4, 0.5) is 5.69 Å². The first-order valence-corrected chi connectivity index (χ1v) is 11.9. The van der Waals surface area contributed by atoms with Crippen molar-refractivity contribution in [2.75, 3.05) is 11.8 Å². The lowest BCUT2D eigenvalue weighted by molar-refractivity contribution is 0.0785. The number of hydrogen-bond acceptors (Lipinski definition) is 5. The van der Waals surface area contributed by atoms with Gasteiger partial charge in [-0.05, 0) is 55.0 Å². The quantitative estimate of drug-likeness (QED) is 0.462. The van der Waals surface area contributed by atoms with Crippen LogP contribution < -0.4 is 4.72 Å². The fraction of sp³-hybridized carbons (Fsp3) is 0.130. The lowest BCUT2D eigenvalue weighted by atomic mass is 10.2. The summed E-state index contributed by atoms with van der Waals surface area (Å²) in [4.78, 5) is 19.1. The number of amides is 1. The number of aryl methyl sites for hydroxylation is 1. The molecule has 1 amide bonds. The van der Waals surface area contributed by atoms with Crippen molar-refractivity contribution in [2.24, 2.45) is 0 Å². The molecule has 0 aliphatic rings. The van der Waals surface area contributed by atoms with Crippen LogP contribution in [-0.4, -0.2) is 31.3 Å². The number of nitrogens with one attached hydrogen (secondary N) is 1. The SMILES string of the molecule is Cc1cccc(NS(=O)(=O)c2cccc(C(=O)N(C)Cc3nc4ccccc4s3)c2)c1. The summed E-state index contributed by atoms with van der Waals surface area (Å²) < 4.78 is 29.2. The van der Waals surface area contributed by atoms with Crippen LogP contribution in [0.2, 0.25) is 0 Å². The van der Waals surface area contributed by atoms with Gasteiger partial charge in [-0.1, -0.05) is 30.3 Å². The Morgan fingerprint density at radius 1 is 1.03 bits per heavy atom. The maximum atomic E-state index is 12.9. The van der Waals surface area contributed by atoms with Gasteiger partial charge in [0.25, 0.3) is 15.9 Å². The van der Waals surface area contributed by atoms with Gasteiger partial charge in [0.2, 0.25) is 0 Å². The second-order valence-electron chi connectivity index (χ2n) is 7.24. The van der Waals surface area contributed by atoms with E-state index >= 15 is 0 Å². The third kappa shape index (κ3) is 4.76. The summed E-state index contributed by atoms with van der Waals surface area (Å²) in [6.07, 6.45) is 0. The van der Waals surface area contributed by atoms with Crippen LogP contribution in [0.15, 0.2) is 77.7 Å². The van der Waals surface area contributed by atoms with Gasteiger partial charge < -0.3 is 4.90 Å². The van der Waals surface area contributed by atoms with Gasteiger partial charge in [0.15, 0.2) is 0 Å². The largest absolute Gasteiger partial charge is 0.335 e. The molecule has 0 aliphatic carbocycles. The van der Waals surface area contributed by atoms with E-state index in [9.17, 15) is 13.2 Å². The number of nitrogens with zero attached hydrogens (tertiary/aromatic N) is 2. The van der Waals surface area contributed by atoms with Gasteiger partial charge in [-0.3, -0.25) is 9.52 Å². The second-order valence-corrected chi connectivity index (χ2v) is 10.0. The van der Waals surface area contributed by atoms with Crippen molar-refractivity contribution in [2.45, 2.75) is 18.4 Å². The average Bonchev–Trinajstić information content (AvgIpc) is 3.15. The third-order valence-electron chi connectivity index (χ3n) is 4.72. The van der Waals surface area contributed by atoms with Crippen molar-refractivity contribution in [3.05, 3.63) is 88.9 Å². The summed E-state index contributed by atoms with van der Waals surface area (Å²) in [7, 11) is -2.14. The van der Waals surface area contributed by atoms with E-state index < -0.39 is 10.0 Å². The molecular formula is C23H21N3O3S2. The minimum Gasteiger partial charge on any atom is -0.335 e. The number of thiazole rings is 1. The van der Waals surface area contributed by atoms with Crippen molar-refractivity contribution >= 4 is 43.2 Å². The number of fused-ring (bicyclic) bond motifs is 1. The van der Waals surface area contributed by atoms with Crippen LogP contribution in [0.3, 0.4) is 0 Å². The van der Waals surface area contributed by atoms with Crippen molar-refractivity contribution in [1.82, 2.24) is 9.88 Å². The Bertz CT molecular complexity index is 1330. The van der Waals surface area contributed by atoms with E-state index in [1.165, 1.54) is 28.4 Å². The molecule has 3 aromatic carbocycles. The number of anilines is 1. The van der Waals surface area contributed by atoms with E-state index in [0.717, 1.165) is 20.8 Å². The van der Waals surface area contributed by atoms with Gasteiger partial charge in [-0.25, -0.2) is 13.4 Å². The molecule has 6 nitrogen and oxygen atoms in total. The van der Waals surface area contributed by atoms with E-state index in [4.69, 9.17) is 0 Å². The fourth-order valence-corrected chi connectivity index (χ4v) is 5.32. The lowest BCUT2D eigenvalue weighted by Gasteiger charge is -2.16. The Balaban J connectivity index is 1.53. The van der Waals surface area contributed by atoms with Gasteiger partial charge in [0.05, 0.1) is 21.7 Å². The highest BCUT2D eigenvalue weighted by atomic mass is 32.2. The Labute approximate surface area is 185 Å². The van der Waals surface area contributed by atoms with E-state index in [0.29, 0.717) is 17.8 Å². The average molecular weight is 452 g/mol. The lowest BCUT2D eigenvalue weighted by Crippen LogP contribution is -2.26. The smallest absolute Gasteiger partial charge is 0.261 e. The number of benzene rings is 3. The van der Waals surface area contributed by atoms with E-state index in [2.05, 4.69) is 9.71 Å². The molecule has 158 valence electrons. The summed E-state index contributed by atoms with van der Waals surface area (Å²) in [5.74, 6) is -0.271. The summed E-state index contributed by atoms with van der Waals surface area (Å²) in [5, 5.41) is 0.821. The topological polar surface area (TPSA) is 79.4 Å². The van der Waals surface area contributed by atoms with Gasteiger partial charge in [-0.15, -0.1) is 11.3 Å². The zero-order valence-electron chi connectivity index (χ0n) is 17.1. The van der Waals surface area contributed by atoms with Gasteiger partial charge >= 0.3 is 0 Å². The Morgan fingerprint density at radius 2 is 1.81 bits per heavy atom. The number of carbonyl (C=O) groups is 1. The first kappa shape index (κ1) is 21.0. The van der Waals surface area contributed by atoms with Crippen LogP contribution in [0.25, 0.3) is 10.2 Å². The molecule has 0 saturated heterocycles. The zero-order valence-corrected chi connectivity index (χ0v) is 18.7. The highest BCUT2D eigenvalue weighted by Crippen LogP contribution is 2.23. The van der Waals surface area contributed by atoms with Crippen molar-refractivity contribution in [1.29, 1.82) is 0 Å². The molecular weight excluding hydrogens is 430 g/mol. The van der Waals surface area contributed by atoms with Crippen molar-refractivity contribution in [3.8, 4) is 0 Å². The normalized spacial score (nSPS) is 11.4. The first-order valence-electron chi connectivity index (χ1n) is 9.61. The van der Waals surface area contributed by atoms with E-state index in [1.54, 1.807) is 37.4 Å². The summed E-state index contributed by atoms with van der Waals surface area (Å²) in [6.45, 7) is 2.23. The third-order valence-corrected chi connectivity index (χ3v) is 7.12. The van der Waals surface area contributed by atoms with E-state index in [-0.39, 0.29) is 10.8 Å². The van der Waals surface area contributed by atoms with Crippen LogP contribution in [0.5, 0.6) is 0 Å². The molecule has 1 N–H and O–H groups in total. The molecule has 31 heavy (non-hydrogen) atoms. The van der Waals surface area contributed by atoms with Crippen LogP contribution in [-0.2, 0) is 16.6 Å². The van der Waals surface area contributed by atoms with Crippen LogP contribution >= 0.6 is 11.3 Å². The Kier molecular flexibility index (Phi) is 5.75. The molecule has 0 fully saturated rings. The highest BCUT2D eigenvalue weighted by Gasteiger charge is 2.19. The standard InChI is InChI=1S/C23H21N3O3S2/c1-16-7-5-9-18(13-16)25-31(28,29)19-10-6-8-17(14-19)23(27)26(2)15-22-24-20-11-3-4-12-21(20)30-22/h3-14,25H,15H2,1-2H3. The molecule has 0 aliphatic heterocycles. The monoisotopic (exact) mass is 451 g/mol. The van der Waals surface area contributed by atoms with Crippen molar-refractivity contribution < 1.29 is 13.2 Å².